The number of anilines is 1. The third-order valence-electron chi connectivity index (χ3n) is 3.37. The predicted octanol–water partition coefficient (Wildman–Crippen LogP) is 1.41. The summed E-state index contributed by atoms with van der Waals surface area (Å²) in [4.78, 5) is 13.4. The third-order valence-corrected chi connectivity index (χ3v) is 3.37. The summed E-state index contributed by atoms with van der Waals surface area (Å²) >= 11 is 0. The quantitative estimate of drug-likeness (QED) is 0.871. The SMILES string of the molecule is Cc1nnc(N2CC(C)OC(C)C2)c(C(=O)O)c1C. The molecule has 1 aliphatic rings. The minimum Gasteiger partial charge on any atom is -0.478 e. The predicted molar refractivity (Wildman–Crippen MR) is 70.7 cm³/mol. The van der Waals surface area contributed by atoms with Gasteiger partial charge in [0, 0.05) is 13.1 Å². The summed E-state index contributed by atoms with van der Waals surface area (Å²) in [5.41, 5.74) is 1.56. The molecule has 19 heavy (non-hydrogen) atoms. The Morgan fingerprint density at radius 1 is 1.26 bits per heavy atom. The number of aromatic nitrogens is 2. The van der Waals surface area contributed by atoms with E-state index in [1.807, 2.05) is 18.7 Å². The van der Waals surface area contributed by atoms with Crippen molar-refractivity contribution in [3.05, 3.63) is 16.8 Å². The van der Waals surface area contributed by atoms with Crippen molar-refractivity contribution in [2.24, 2.45) is 0 Å². The van der Waals surface area contributed by atoms with Gasteiger partial charge in [-0.2, -0.15) is 5.10 Å². The Hall–Kier alpha value is -1.69. The largest absolute Gasteiger partial charge is 0.478 e. The molecule has 2 unspecified atom stereocenters. The highest BCUT2D eigenvalue weighted by Crippen LogP contribution is 2.25. The van der Waals surface area contributed by atoms with Crippen molar-refractivity contribution in [2.45, 2.75) is 39.9 Å². The van der Waals surface area contributed by atoms with E-state index in [1.165, 1.54) is 0 Å². The Bertz CT molecular complexity index is 494. The second kappa shape index (κ2) is 5.13. The average Bonchev–Trinajstić information content (AvgIpc) is 2.30. The monoisotopic (exact) mass is 265 g/mol. The molecule has 1 aliphatic heterocycles. The second-order valence-electron chi connectivity index (χ2n) is 5.08. The first-order valence-corrected chi connectivity index (χ1v) is 6.37. The molecular weight excluding hydrogens is 246 g/mol. The molecule has 6 heteroatoms. The second-order valence-corrected chi connectivity index (χ2v) is 5.08. The molecule has 1 aromatic heterocycles. The fourth-order valence-electron chi connectivity index (χ4n) is 2.42. The minimum atomic E-state index is -0.961. The van der Waals surface area contributed by atoms with Crippen LogP contribution in [0.4, 0.5) is 5.82 Å². The van der Waals surface area contributed by atoms with E-state index in [4.69, 9.17) is 4.74 Å². The number of rotatable bonds is 2. The molecule has 2 heterocycles. The highest BCUT2D eigenvalue weighted by atomic mass is 16.5. The van der Waals surface area contributed by atoms with Crippen LogP contribution in [0.15, 0.2) is 0 Å². The molecule has 0 aromatic carbocycles. The fraction of sp³-hybridized carbons (Fsp3) is 0.615. The van der Waals surface area contributed by atoms with Crippen LogP contribution in [-0.4, -0.2) is 46.6 Å². The van der Waals surface area contributed by atoms with Crippen molar-refractivity contribution < 1.29 is 14.6 Å². The molecule has 0 saturated carbocycles. The van der Waals surface area contributed by atoms with Gasteiger partial charge in [0.15, 0.2) is 5.82 Å². The Balaban J connectivity index is 2.44. The van der Waals surface area contributed by atoms with E-state index in [0.29, 0.717) is 30.2 Å². The van der Waals surface area contributed by atoms with Gasteiger partial charge in [-0.15, -0.1) is 5.10 Å². The molecule has 0 bridgehead atoms. The van der Waals surface area contributed by atoms with Gasteiger partial charge in [0.25, 0.3) is 0 Å². The van der Waals surface area contributed by atoms with Gasteiger partial charge >= 0.3 is 5.97 Å². The number of hydrogen-bond donors (Lipinski definition) is 1. The van der Waals surface area contributed by atoms with Gasteiger partial charge in [0.2, 0.25) is 0 Å². The molecule has 1 N–H and O–H groups in total. The zero-order valence-corrected chi connectivity index (χ0v) is 11.7. The molecule has 1 saturated heterocycles. The highest BCUT2D eigenvalue weighted by molar-refractivity contribution is 5.95. The first-order chi connectivity index (χ1) is 8.90. The summed E-state index contributed by atoms with van der Waals surface area (Å²) in [6, 6.07) is 0. The topological polar surface area (TPSA) is 75.5 Å². The van der Waals surface area contributed by atoms with Gasteiger partial charge in [-0.25, -0.2) is 4.79 Å². The molecule has 104 valence electrons. The number of hydrogen-bond acceptors (Lipinski definition) is 5. The maximum atomic E-state index is 11.5. The Morgan fingerprint density at radius 3 is 2.37 bits per heavy atom. The van der Waals surface area contributed by atoms with E-state index >= 15 is 0 Å². The van der Waals surface area contributed by atoms with Crippen molar-refractivity contribution in [1.29, 1.82) is 0 Å². The number of ether oxygens (including phenoxy) is 1. The molecular formula is C13H19N3O3. The first kappa shape index (κ1) is 13.7. The summed E-state index contributed by atoms with van der Waals surface area (Å²) in [7, 11) is 0. The molecule has 1 aromatic rings. The van der Waals surface area contributed by atoms with Crippen LogP contribution in [0.1, 0.15) is 35.5 Å². The van der Waals surface area contributed by atoms with Gasteiger partial charge in [0.1, 0.15) is 5.56 Å². The normalized spacial score (nSPS) is 23.5. The van der Waals surface area contributed by atoms with Crippen LogP contribution in [0.5, 0.6) is 0 Å². The summed E-state index contributed by atoms with van der Waals surface area (Å²) in [6.45, 7) is 8.73. The van der Waals surface area contributed by atoms with E-state index in [-0.39, 0.29) is 17.8 Å². The van der Waals surface area contributed by atoms with Crippen molar-refractivity contribution in [2.75, 3.05) is 18.0 Å². The molecule has 2 rings (SSSR count). The molecule has 0 aliphatic carbocycles. The Labute approximate surface area is 112 Å². The zero-order chi connectivity index (χ0) is 14.2. The van der Waals surface area contributed by atoms with Gasteiger partial charge in [-0.3, -0.25) is 0 Å². The van der Waals surface area contributed by atoms with Crippen molar-refractivity contribution in [1.82, 2.24) is 10.2 Å². The number of carboxylic acid groups (broad SMARTS) is 1. The number of carboxylic acids is 1. The van der Waals surface area contributed by atoms with Crippen LogP contribution < -0.4 is 4.90 Å². The van der Waals surface area contributed by atoms with E-state index in [1.54, 1.807) is 13.8 Å². The summed E-state index contributed by atoms with van der Waals surface area (Å²) < 4.78 is 5.65. The van der Waals surface area contributed by atoms with Crippen LogP contribution in [0, 0.1) is 13.8 Å². The lowest BCUT2D eigenvalue weighted by molar-refractivity contribution is -0.00562. The lowest BCUT2D eigenvalue weighted by atomic mass is 10.1. The van der Waals surface area contributed by atoms with Crippen molar-refractivity contribution in [3.63, 3.8) is 0 Å². The number of nitrogens with zero attached hydrogens (tertiary/aromatic N) is 3. The fourth-order valence-corrected chi connectivity index (χ4v) is 2.42. The zero-order valence-electron chi connectivity index (χ0n) is 11.7. The maximum Gasteiger partial charge on any atom is 0.339 e. The number of aryl methyl sites for hydroxylation is 1. The average molecular weight is 265 g/mol. The van der Waals surface area contributed by atoms with E-state index < -0.39 is 5.97 Å². The Kier molecular flexibility index (Phi) is 3.71. The van der Waals surface area contributed by atoms with E-state index in [2.05, 4.69) is 10.2 Å². The molecule has 2 atom stereocenters. The molecule has 0 radical (unpaired) electrons. The van der Waals surface area contributed by atoms with Crippen molar-refractivity contribution in [3.8, 4) is 0 Å². The van der Waals surface area contributed by atoms with Crippen LogP contribution in [0.2, 0.25) is 0 Å². The standard InChI is InChI=1S/C13H19N3O3/c1-7-5-16(6-8(2)19-7)12-11(13(17)18)9(3)10(4)14-15-12/h7-8H,5-6H2,1-4H3,(H,17,18). The lowest BCUT2D eigenvalue weighted by Gasteiger charge is -2.36. The smallest absolute Gasteiger partial charge is 0.339 e. The van der Waals surface area contributed by atoms with Crippen LogP contribution in [0.3, 0.4) is 0 Å². The summed E-state index contributed by atoms with van der Waals surface area (Å²) in [6.07, 6.45) is 0.0996. The molecule has 6 nitrogen and oxygen atoms in total. The minimum absolute atomic E-state index is 0.0498. The Morgan fingerprint density at radius 2 is 1.84 bits per heavy atom. The summed E-state index contributed by atoms with van der Waals surface area (Å²) in [5, 5.41) is 17.6. The van der Waals surface area contributed by atoms with Gasteiger partial charge in [-0.1, -0.05) is 0 Å². The maximum absolute atomic E-state index is 11.5. The van der Waals surface area contributed by atoms with E-state index in [0.717, 1.165) is 0 Å². The van der Waals surface area contributed by atoms with Crippen LogP contribution in [-0.2, 0) is 4.74 Å². The molecule has 0 spiro atoms. The molecule has 1 fully saturated rings. The third kappa shape index (κ3) is 2.68. The van der Waals surface area contributed by atoms with Crippen LogP contribution >= 0.6 is 0 Å². The van der Waals surface area contributed by atoms with Crippen LogP contribution in [0.25, 0.3) is 0 Å². The highest BCUT2D eigenvalue weighted by Gasteiger charge is 2.28. The lowest BCUT2D eigenvalue weighted by Crippen LogP contribution is -2.46. The van der Waals surface area contributed by atoms with Gasteiger partial charge in [-0.05, 0) is 33.3 Å². The molecule has 0 amide bonds. The van der Waals surface area contributed by atoms with Crippen molar-refractivity contribution >= 4 is 11.8 Å². The van der Waals surface area contributed by atoms with E-state index in [9.17, 15) is 9.90 Å². The summed E-state index contributed by atoms with van der Waals surface area (Å²) in [5.74, 6) is -0.519. The van der Waals surface area contributed by atoms with Gasteiger partial charge < -0.3 is 14.7 Å². The first-order valence-electron chi connectivity index (χ1n) is 6.37. The number of aromatic carboxylic acids is 1. The number of carbonyl (C=O) groups is 1. The van der Waals surface area contributed by atoms with Gasteiger partial charge in [0.05, 0.1) is 17.9 Å². The number of morpholine rings is 1.